The first kappa shape index (κ1) is 23.1. The fourth-order valence-electron chi connectivity index (χ4n) is 4.36. The lowest BCUT2D eigenvalue weighted by atomic mass is 9.93. The quantitative estimate of drug-likeness (QED) is 0.508. The molecule has 0 radical (unpaired) electrons. The van der Waals surface area contributed by atoms with Crippen molar-refractivity contribution in [1.29, 1.82) is 0 Å². The van der Waals surface area contributed by atoms with E-state index in [1.54, 1.807) is 6.07 Å². The van der Waals surface area contributed by atoms with Crippen molar-refractivity contribution in [3.05, 3.63) is 47.0 Å². The fourth-order valence-corrected chi connectivity index (χ4v) is 4.36. The summed E-state index contributed by atoms with van der Waals surface area (Å²) in [5.41, 5.74) is 7.97. The first-order valence-corrected chi connectivity index (χ1v) is 11.0. The molecule has 1 amide bonds. The number of hydrogen-bond acceptors (Lipinski definition) is 8. The largest absolute Gasteiger partial charge is 0.369 e. The third-order valence-corrected chi connectivity index (χ3v) is 6.22. The normalized spacial score (nSPS) is 15.7. The number of nitrogens with two attached hydrogens (primary N) is 1. The maximum Gasteiger partial charge on any atom is 0.365 e. The van der Waals surface area contributed by atoms with Gasteiger partial charge in [-0.2, -0.15) is 23.8 Å². The Morgan fingerprint density at radius 1 is 1.20 bits per heavy atom. The van der Waals surface area contributed by atoms with Crippen molar-refractivity contribution >= 4 is 23.2 Å². The van der Waals surface area contributed by atoms with Gasteiger partial charge in [-0.05, 0) is 43.7 Å². The molecule has 1 fully saturated rings. The molecule has 3 aromatic rings. The van der Waals surface area contributed by atoms with Gasteiger partial charge in [0.05, 0.1) is 5.69 Å². The van der Waals surface area contributed by atoms with Gasteiger partial charge < -0.3 is 15.5 Å². The second-order valence-corrected chi connectivity index (χ2v) is 8.42. The number of aromatic nitrogens is 4. The van der Waals surface area contributed by atoms with Crippen molar-refractivity contribution < 1.29 is 22.8 Å². The Kier molecular flexibility index (Phi) is 6.03. The Bertz CT molecular complexity index is 1260. The average Bonchev–Trinajstić information content (AvgIpc) is 3.28. The summed E-state index contributed by atoms with van der Waals surface area (Å²) in [5.74, 6) is -1.74. The van der Waals surface area contributed by atoms with Gasteiger partial charge in [-0.15, -0.1) is 0 Å². The van der Waals surface area contributed by atoms with Crippen LogP contribution >= 0.6 is 0 Å². The molecule has 0 saturated carbocycles. The molecule has 1 aromatic carbocycles. The standard InChI is InChI=1S/C22H23F3N8O2/c1-31-6-8-32(9-7-31)13-3-5-15(23)16(10-13)33(35-21(24)25)22-27-11-12-2-4-14-18(17(12)28-22)29-30-19(14)20(26)34/h3,5,10-11,21H,2,4,6-9H2,1H3,(H2,26,34)(H,29,30). The van der Waals surface area contributed by atoms with Gasteiger partial charge in [0.15, 0.2) is 0 Å². The Morgan fingerprint density at radius 3 is 2.69 bits per heavy atom. The van der Waals surface area contributed by atoms with Crippen molar-refractivity contribution in [2.45, 2.75) is 19.5 Å². The van der Waals surface area contributed by atoms with Gasteiger partial charge >= 0.3 is 6.61 Å². The van der Waals surface area contributed by atoms with E-state index in [-0.39, 0.29) is 17.3 Å². The number of nitrogens with one attached hydrogen (secondary N) is 1. The van der Waals surface area contributed by atoms with Crippen LogP contribution in [0.2, 0.25) is 0 Å². The monoisotopic (exact) mass is 488 g/mol. The predicted octanol–water partition coefficient (Wildman–Crippen LogP) is 2.25. The van der Waals surface area contributed by atoms with Gasteiger partial charge in [0, 0.05) is 43.6 Å². The number of piperazine rings is 1. The Morgan fingerprint density at radius 2 is 1.97 bits per heavy atom. The smallest absolute Gasteiger partial charge is 0.365 e. The van der Waals surface area contributed by atoms with Crippen molar-refractivity contribution in [2.75, 3.05) is 43.2 Å². The van der Waals surface area contributed by atoms with Gasteiger partial charge in [-0.3, -0.25) is 9.89 Å². The van der Waals surface area contributed by atoms with Gasteiger partial charge in [0.2, 0.25) is 0 Å². The van der Waals surface area contributed by atoms with Crippen LogP contribution in [-0.2, 0) is 17.7 Å². The lowest BCUT2D eigenvalue weighted by molar-refractivity contribution is -0.130. The highest BCUT2D eigenvalue weighted by Crippen LogP contribution is 2.36. The first-order valence-electron chi connectivity index (χ1n) is 11.0. The number of fused-ring (bicyclic) bond motifs is 3. The number of anilines is 3. The molecule has 3 heterocycles. The summed E-state index contributed by atoms with van der Waals surface area (Å²) >= 11 is 0. The SMILES string of the molecule is CN1CCN(c2ccc(F)c(N(OC(F)F)c3ncc4c(n3)-c3n[nH]c(C(N)=O)c3CC4)c2)CC1. The predicted molar refractivity (Wildman–Crippen MR) is 121 cm³/mol. The summed E-state index contributed by atoms with van der Waals surface area (Å²) in [6.07, 6.45) is 2.44. The zero-order chi connectivity index (χ0) is 24.7. The van der Waals surface area contributed by atoms with Crippen molar-refractivity contribution in [3.8, 4) is 11.4 Å². The van der Waals surface area contributed by atoms with Gasteiger partial charge in [0.1, 0.15) is 22.9 Å². The molecule has 1 saturated heterocycles. The molecule has 1 aliphatic heterocycles. The van der Waals surface area contributed by atoms with Crippen LogP contribution in [0.15, 0.2) is 24.4 Å². The average molecular weight is 488 g/mol. The van der Waals surface area contributed by atoms with Crippen LogP contribution in [0.3, 0.4) is 0 Å². The number of rotatable bonds is 6. The van der Waals surface area contributed by atoms with E-state index in [4.69, 9.17) is 10.6 Å². The molecule has 0 unspecified atom stereocenters. The molecule has 0 bridgehead atoms. The number of hydrogen-bond donors (Lipinski definition) is 2. The highest BCUT2D eigenvalue weighted by molar-refractivity contribution is 5.94. The molecule has 13 heteroatoms. The number of aryl methyl sites for hydroxylation is 1. The highest BCUT2D eigenvalue weighted by Gasteiger charge is 2.29. The number of likely N-dealkylation sites (N-methyl/N-ethyl adjacent to an activating group) is 1. The summed E-state index contributed by atoms with van der Waals surface area (Å²) in [6, 6.07) is 4.24. The third kappa shape index (κ3) is 4.39. The summed E-state index contributed by atoms with van der Waals surface area (Å²) in [6.45, 7) is -0.217. The molecule has 184 valence electrons. The van der Waals surface area contributed by atoms with Crippen LogP contribution in [0.5, 0.6) is 0 Å². The van der Waals surface area contributed by atoms with Crippen LogP contribution in [0, 0.1) is 5.82 Å². The number of benzene rings is 1. The number of nitrogens with zero attached hydrogens (tertiary/aromatic N) is 6. The van der Waals surface area contributed by atoms with Crippen molar-refractivity contribution in [3.63, 3.8) is 0 Å². The summed E-state index contributed by atoms with van der Waals surface area (Å²) < 4.78 is 41.8. The summed E-state index contributed by atoms with van der Waals surface area (Å²) in [5, 5.41) is 7.34. The van der Waals surface area contributed by atoms with E-state index in [1.807, 2.05) is 11.9 Å². The number of halogens is 3. The molecular formula is C22H23F3N8O2. The molecule has 0 atom stereocenters. The Balaban J connectivity index is 1.55. The lowest BCUT2D eigenvalue weighted by Gasteiger charge is -2.34. The van der Waals surface area contributed by atoms with Crippen LogP contribution in [0.4, 0.5) is 30.5 Å². The zero-order valence-corrected chi connectivity index (χ0v) is 18.8. The number of alkyl halides is 2. The molecule has 1 aliphatic carbocycles. The van der Waals surface area contributed by atoms with Crippen molar-refractivity contribution in [2.24, 2.45) is 5.73 Å². The van der Waals surface area contributed by atoms with Crippen LogP contribution in [0.25, 0.3) is 11.4 Å². The minimum Gasteiger partial charge on any atom is -0.369 e. The minimum atomic E-state index is -3.26. The number of amides is 1. The van der Waals surface area contributed by atoms with E-state index in [2.05, 4.69) is 25.1 Å². The number of H-pyrrole nitrogens is 1. The molecule has 10 nitrogen and oxygen atoms in total. The summed E-state index contributed by atoms with van der Waals surface area (Å²) in [7, 11) is 2.01. The molecule has 2 aliphatic rings. The second kappa shape index (κ2) is 9.15. The van der Waals surface area contributed by atoms with E-state index in [1.165, 1.54) is 18.3 Å². The topological polar surface area (TPSA) is 116 Å². The van der Waals surface area contributed by atoms with E-state index < -0.39 is 18.3 Å². The van der Waals surface area contributed by atoms with Gasteiger partial charge in [-0.1, -0.05) is 0 Å². The Hall–Kier alpha value is -3.71. The molecule has 2 aromatic heterocycles. The van der Waals surface area contributed by atoms with E-state index in [9.17, 15) is 18.0 Å². The third-order valence-electron chi connectivity index (χ3n) is 6.22. The molecule has 5 rings (SSSR count). The maximum absolute atomic E-state index is 14.9. The molecule has 35 heavy (non-hydrogen) atoms. The van der Waals surface area contributed by atoms with Crippen LogP contribution in [-0.4, -0.2) is 70.8 Å². The minimum absolute atomic E-state index is 0.164. The lowest BCUT2D eigenvalue weighted by Crippen LogP contribution is -2.44. The first-order chi connectivity index (χ1) is 16.8. The molecule has 0 spiro atoms. The van der Waals surface area contributed by atoms with E-state index >= 15 is 0 Å². The van der Waals surface area contributed by atoms with E-state index in [0.29, 0.717) is 59.2 Å². The van der Waals surface area contributed by atoms with Gasteiger partial charge in [0.25, 0.3) is 11.9 Å². The number of carbonyl (C=O) groups excluding carboxylic acids is 1. The van der Waals surface area contributed by atoms with Crippen LogP contribution < -0.4 is 15.7 Å². The number of carbonyl (C=O) groups is 1. The van der Waals surface area contributed by atoms with Gasteiger partial charge in [-0.25, -0.2) is 14.4 Å². The maximum atomic E-state index is 14.9. The number of aromatic amines is 1. The number of primary amides is 1. The Labute approximate surface area is 198 Å². The molecule has 3 N–H and O–H groups in total. The van der Waals surface area contributed by atoms with Crippen molar-refractivity contribution in [1.82, 2.24) is 25.1 Å². The molecular weight excluding hydrogens is 465 g/mol. The highest BCUT2D eigenvalue weighted by atomic mass is 19.3. The van der Waals surface area contributed by atoms with Crippen LogP contribution in [0.1, 0.15) is 21.6 Å². The van der Waals surface area contributed by atoms with E-state index in [0.717, 1.165) is 13.1 Å². The summed E-state index contributed by atoms with van der Waals surface area (Å²) in [4.78, 5) is 29.2. The second-order valence-electron chi connectivity index (χ2n) is 8.42. The fraction of sp³-hybridized carbons (Fsp3) is 0.364. The zero-order valence-electron chi connectivity index (χ0n) is 18.8.